The van der Waals surface area contributed by atoms with Gasteiger partial charge in [-0.3, -0.25) is 9.59 Å². The van der Waals surface area contributed by atoms with Gasteiger partial charge < -0.3 is 19.7 Å². The summed E-state index contributed by atoms with van der Waals surface area (Å²) in [5.74, 6) is 1.28. The van der Waals surface area contributed by atoms with Crippen molar-refractivity contribution >= 4 is 11.8 Å². The lowest BCUT2D eigenvalue weighted by Crippen LogP contribution is -2.52. The van der Waals surface area contributed by atoms with E-state index in [9.17, 15) is 9.59 Å². The van der Waals surface area contributed by atoms with Gasteiger partial charge in [-0.1, -0.05) is 79.1 Å². The summed E-state index contributed by atoms with van der Waals surface area (Å²) < 4.78 is 11.5. The maximum Gasteiger partial charge on any atom is 0.243 e. The minimum Gasteiger partial charge on any atom is -0.490 e. The average Bonchev–Trinajstić information content (AvgIpc) is 3.49. The van der Waals surface area contributed by atoms with Crippen LogP contribution in [-0.4, -0.2) is 42.0 Å². The number of benzene rings is 3. The summed E-state index contributed by atoms with van der Waals surface area (Å²) >= 11 is 0. The molecule has 0 aliphatic heterocycles. The molecule has 0 radical (unpaired) electrons. The second-order valence-electron chi connectivity index (χ2n) is 10.8. The Morgan fingerprint density at radius 2 is 1.51 bits per heavy atom. The normalized spacial score (nSPS) is 13.9. The highest BCUT2D eigenvalue weighted by Crippen LogP contribution is 2.29. The minimum atomic E-state index is -0.605. The van der Waals surface area contributed by atoms with Crippen LogP contribution in [-0.2, 0) is 29.0 Å². The summed E-state index contributed by atoms with van der Waals surface area (Å²) in [6, 6.07) is 23.6. The average molecular weight is 557 g/mol. The van der Waals surface area contributed by atoms with E-state index < -0.39 is 6.04 Å². The highest BCUT2D eigenvalue weighted by atomic mass is 16.5. The smallest absolute Gasteiger partial charge is 0.243 e. The molecule has 1 atom stereocenters. The van der Waals surface area contributed by atoms with Gasteiger partial charge in [0.05, 0.1) is 13.2 Å². The number of hydrogen-bond acceptors (Lipinski definition) is 4. The van der Waals surface area contributed by atoms with Crippen LogP contribution < -0.4 is 14.8 Å². The molecule has 1 fully saturated rings. The number of rotatable bonds is 14. The minimum absolute atomic E-state index is 0.0417. The van der Waals surface area contributed by atoms with Crippen molar-refractivity contribution in [3.63, 3.8) is 0 Å². The van der Waals surface area contributed by atoms with Crippen LogP contribution in [0.1, 0.15) is 68.2 Å². The fourth-order valence-electron chi connectivity index (χ4n) is 5.46. The molecule has 0 unspecified atom stereocenters. The van der Waals surface area contributed by atoms with Crippen LogP contribution in [0.25, 0.3) is 0 Å². The van der Waals surface area contributed by atoms with E-state index in [1.54, 1.807) is 4.90 Å². The predicted octanol–water partition coefficient (Wildman–Crippen LogP) is 6.42. The number of carbonyl (C=O) groups excluding carboxylic acids is 2. The Kier molecular flexibility index (Phi) is 11.2. The number of hydrogen-bond donors (Lipinski definition) is 1. The van der Waals surface area contributed by atoms with Gasteiger partial charge in [-0.15, -0.1) is 0 Å². The summed E-state index contributed by atoms with van der Waals surface area (Å²) in [5.41, 5.74) is 4.20. The number of aryl methyl sites for hydroxylation is 2. The molecule has 1 aliphatic carbocycles. The number of carbonyl (C=O) groups is 2. The zero-order chi connectivity index (χ0) is 29.0. The van der Waals surface area contributed by atoms with Crippen molar-refractivity contribution in [2.45, 2.75) is 84.3 Å². The van der Waals surface area contributed by atoms with E-state index in [4.69, 9.17) is 9.47 Å². The van der Waals surface area contributed by atoms with Gasteiger partial charge in [-0.05, 0) is 68.9 Å². The van der Waals surface area contributed by atoms with Crippen molar-refractivity contribution in [1.82, 2.24) is 10.2 Å². The van der Waals surface area contributed by atoms with Gasteiger partial charge in [-0.2, -0.15) is 0 Å². The molecular weight excluding hydrogens is 512 g/mol. The molecule has 3 aromatic carbocycles. The van der Waals surface area contributed by atoms with Gasteiger partial charge in [-0.25, -0.2) is 0 Å². The van der Waals surface area contributed by atoms with Crippen molar-refractivity contribution in [3.8, 4) is 11.5 Å². The Morgan fingerprint density at radius 3 is 2.20 bits per heavy atom. The molecule has 41 heavy (non-hydrogen) atoms. The first-order valence-corrected chi connectivity index (χ1v) is 15.0. The Labute approximate surface area is 245 Å². The lowest BCUT2D eigenvalue weighted by atomic mass is 10.0. The summed E-state index contributed by atoms with van der Waals surface area (Å²) in [5, 5.41) is 3.28. The lowest BCUT2D eigenvalue weighted by Gasteiger charge is -2.32. The van der Waals surface area contributed by atoms with Gasteiger partial charge in [0.15, 0.2) is 11.5 Å². The Balaban J connectivity index is 1.59. The van der Waals surface area contributed by atoms with E-state index in [1.807, 2.05) is 81.4 Å². The van der Waals surface area contributed by atoms with Crippen LogP contribution >= 0.6 is 0 Å². The Morgan fingerprint density at radius 1 is 0.854 bits per heavy atom. The van der Waals surface area contributed by atoms with Crippen LogP contribution in [0.5, 0.6) is 11.5 Å². The van der Waals surface area contributed by atoms with Gasteiger partial charge >= 0.3 is 0 Å². The van der Waals surface area contributed by atoms with E-state index in [-0.39, 0.29) is 24.3 Å². The lowest BCUT2D eigenvalue weighted by molar-refractivity contribution is -0.141. The second-order valence-corrected chi connectivity index (χ2v) is 10.8. The van der Waals surface area contributed by atoms with Gasteiger partial charge in [0, 0.05) is 25.4 Å². The number of ether oxygens (including phenoxy) is 2. The zero-order valence-corrected chi connectivity index (χ0v) is 24.7. The number of amides is 2. The first kappa shape index (κ1) is 30.2. The summed E-state index contributed by atoms with van der Waals surface area (Å²) in [4.78, 5) is 29.7. The molecule has 1 N–H and O–H groups in total. The Bertz CT molecular complexity index is 1250. The van der Waals surface area contributed by atoms with E-state index in [1.165, 1.54) is 0 Å². The van der Waals surface area contributed by atoms with Crippen LogP contribution in [0.2, 0.25) is 0 Å². The standard InChI is InChI=1S/C35H44N2O4/c1-4-40-32-21-19-28(24-33(32)41-5-2)20-22-34(38)37(25-29-17-15-26(3)16-18-29)31(23-27-11-7-6-8-12-27)35(39)36-30-13-9-10-14-30/h6-8,11-12,15-19,21,24,30-31H,4-5,9-10,13-14,20,22-23,25H2,1-3H3,(H,36,39)/t31-/m1/s1. The molecule has 4 rings (SSSR count). The largest absolute Gasteiger partial charge is 0.490 e. The first-order chi connectivity index (χ1) is 20.0. The Hall–Kier alpha value is -3.80. The molecular formula is C35H44N2O4. The molecule has 0 spiro atoms. The fourth-order valence-corrected chi connectivity index (χ4v) is 5.46. The topological polar surface area (TPSA) is 67.9 Å². The van der Waals surface area contributed by atoms with Gasteiger partial charge in [0.2, 0.25) is 11.8 Å². The quantitative estimate of drug-likeness (QED) is 0.249. The van der Waals surface area contributed by atoms with E-state index in [0.29, 0.717) is 44.1 Å². The van der Waals surface area contributed by atoms with Crippen molar-refractivity contribution in [1.29, 1.82) is 0 Å². The van der Waals surface area contributed by atoms with Crippen molar-refractivity contribution in [2.75, 3.05) is 13.2 Å². The van der Waals surface area contributed by atoms with E-state index in [0.717, 1.165) is 47.9 Å². The van der Waals surface area contributed by atoms with Crippen LogP contribution in [0.4, 0.5) is 0 Å². The summed E-state index contributed by atoms with van der Waals surface area (Å²) in [6.07, 6.45) is 5.55. The predicted molar refractivity (Wildman–Crippen MR) is 163 cm³/mol. The molecule has 2 amide bonds. The summed E-state index contributed by atoms with van der Waals surface area (Å²) in [6.45, 7) is 7.40. The molecule has 0 aromatic heterocycles. The third-order valence-electron chi connectivity index (χ3n) is 7.68. The molecule has 6 nitrogen and oxygen atoms in total. The third-order valence-corrected chi connectivity index (χ3v) is 7.68. The highest BCUT2D eigenvalue weighted by Gasteiger charge is 2.32. The molecule has 0 saturated heterocycles. The third kappa shape index (κ3) is 8.84. The van der Waals surface area contributed by atoms with Crippen LogP contribution in [0.15, 0.2) is 72.8 Å². The van der Waals surface area contributed by atoms with Crippen LogP contribution in [0.3, 0.4) is 0 Å². The second kappa shape index (κ2) is 15.3. The highest BCUT2D eigenvalue weighted by molar-refractivity contribution is 5.88. The van der Waals surface area contributed by atoms with Crippen molar-refractivity contribution < 1.29 is 19.1 Å². The maximum absolute atomic E-state index is 14.0. The zero-order valence-electron chi connectivity index (χ0n) is 24.7. The van der Waals surface area contributed by atoms with Gasteiger partial charge in [0.25, 0.3) is 0 Å². The molecule has 218 valence electrons. The SMILES string of the molecule is CCOc1ccc(CCC(=O)N(Cc2ccc(C)cc2)[C@H](Cc2ccccc2)C(=O)NC2CCCC2)cc1OCC. The molecule has 0 bridgehead atoms. The maximum atomic E-state index is 14.0. The molecule has 3 aromatic rings. The number of nitrogens with zero attached hydrogens (tertiary/aromatic N) is 1. The molecule has 1 saturated carbocycles. The van der Waals surface area contributed by atoms with Gasteiger partial charge in [0.1, 0.15) is 6.04 Å². The first-order valence-electron chi connectivity index (χ1n) is 15.0. The number of nitrogens with one attached hydrogen (secondary N) is 1. The molecule has 0 heterocycles. The monoisotopic (exact) mass is 556 g/mol. The molecule has 1 aliphatic rings. The fraction of sp³-hybridized carbons (Fsp3) is 0.429. The van der Waals surface area contributed by atoms with E-state index in [2.05, 4.69) is 17.4 Å². The summed E-state index contributed by atoms with van der Waals surface area (Å²) in [7, 11) is 0. The van der Waals surface area contributed by atoms with E-state index >= 15 is 0 Å². The van der Waals surface area contributed by atoms with Crippen molar-refractivity contribution in [3.05, 3.63) is 95.1 Å². The van der Waals surface area contributed by atoms with Crippen molar-refractivity contribution in [2.24, 2.45) is 0 Å². The van der Waals surface area contributed by atoms with Crippen LogP contribution in [0, 0.1) is 6.92 Å². The molecule has 6 heteroatoms.